The van der Waals surface area contributed by atoms with E-state index in [9.17, 15) is 23.9 Å². The van der Waals surface area contributed by atoms with Gasteiger partial charge in [0.1, 0.15) is 5.82 Å². The van der Waals surface area contributed by atoms with Crippen LogP contribution in [-0.2, 0) is 0 Å². The molecule has 1 saturated carbocycles. The summed E-state index contributed by atoms with van der Waals surface area (Å²) in [6.07, 6.45) is 2.85. The molecule has 2 aromatic carbocycles. The van der Waals surface area contributed by atoms with Gasteiger partial charge in [0.15, 0.2) is 0 Å². The molecular weight excluding hydrogens is 411 g/mol. The summed E-state index contributed by atoms with van der Waals surface area (Å²) in [6.45, 7) is 7.89. The number of halogens is 1. The number of hydrogen-bond donors (Lipinski definition) is 3. The molecular formula is C25H29FN2O4. The Morgan fingerprint density at radius 1 is 1.03 bits per heavy atom. The Morgan fingerprint density at radius 2 is 1.72 bits per heavy atom. The number of carboxylic acids is 1. The third-order valence-electron chi connectivity index (χ3n) is 5.63. The SMILES string of the molecule is Cc1c(F)cc(C(=O)NC2CCC2)cc1-c1ccc(C(=O)NCC(C)(C)C)cc1C(=O)O. The third kappa shape index (κ3) is 5.33. The molecule has 7 heteroatoms. The first kappa shape index (κ1) is 23.4. The molecule has 170 valence electrons. The summed E-state index contributed by atoms with van der Waals surface area (Å²) in [6, 6.07) is 7.06. The van der Waals surface area contributed by atoms with Crippen LogP contribution in [0, 0.1) is 18.2 Å². The van der Waals surface area contributed by atoms with Crippen LogP contribution in [0.1, 0.15) is 76.7 Å². The van der Waals surface area contributed by atoms with E-state index in [0.29, 0.717) is 12.1 Å². The summed E-state index contributed by atoms with van der Waals surface area (Å²) in [5, 5.41) is 15.4. The van der Waals surface area contributed by atoms with Crippen LogP contribution in [0.25, 0.3) is 11.1 Å². The first-order chi connectivity index (χ1) is 15.0. The van der Waals surface area contributed by atoms with Crippen molar-refractivity contribution < 1.29 is 23.9 Å². The molecule has 3 rings (SSSR count). The fraction of sp³-hybridized carbons (Fsp3) is 0.400. The smallest absolute Gasteiger partial charge is 0.336 e. The highest BCUT2D eigenvalue weighted by Crippen LogP contribution is 2.31. The maximum atomic E-state index is 14.7. The lowest BCUT2D eigenvalue weighted by Gasteiger charge is -2.26. The number of carbonyl (C=O) groups excluding carboxylic acids is 2. The molecule has 0 aliphatic heterocycles. The summed E-state index contributed by atoms with van der Waals surface area (Å²) in [4.78, 5) is 37.1. The van der Waals surface area contributed by atoms with Crippen molar-refractivity contribution in [1.82, 2.24) is 10.6 Å². The van der Waals surface area contributed by atoms with E-state index in [-0.39, 0.29) is 51.1 Å². The predicted molar refractivity (Wildman–Crippen MR) is 120 cm³/mol. The number of amides is 2. The maximum Gasteiger partial charge on any atom is 0.336 e. The summed E-state index contributed by atoms with van der Waals surface area (Å²) in [5.41, 5.74) is 0.874. The molecule has 1 aliphatic rings. The van der Waals surface area contributed by atoms with Gasteiger partial charge in [0.05, 0.1) is 5.56 Å². The van der Waals surface area contributed by atoms with Crippen molar-refractivity contribution >= 4 is 17.8 Å². The van der Waals surface area contributed by atoms with Crippen LogP contribution < -0.4 is 10.6 Å². The van der Waals surface area contributed by atoms with Crippen LogP contribution in [-0.4, -0.2) is 35.5 Å². The molecule has 32 heavy (non-hydrogen) atoms. The normalized spacial score (nSPS) is 13.9. The van der Waals surface area contributed by atoms with Crippen LogP contribution in [0.4, 0.5) is 4.39 Å². The second kappa shape index (κ2) is 9.10. The van der Waals surface area contributed by atoms with Gasteiger partial charge in [-0.25, -0.2) is 9.18 Å². The van der Waals surface area contributed by atoms with Gasteiger partial charge in [-0.2, -0.15) is 0 Å². The van der Waals surface area contributed by atoms with E-state index in [1.807, 2.05) is 20.8 Å². The number of nitrogens with one attached hydrogen (secondary N) is 2. The second-order valence-corrected chi connectivity index (χ2v) is 9.54. The molecule has 0 aromatic heterocycles. The average Bonchev–Trinajstić information content (AvgIpc) is 2.69. The Bertz CT molecular complexity index is 1070. The fourth-order valence-electron chi connectivity index (χ4n) is 3.46. The zero-order valence-electron chi connectivity index (χ0n) is 18.8. The molecule has 3 N–H and O–H groups in total. The van der Waals surface area contributed by atoms with Gasteiger partial charge in [-0.3, -0.25) is 9.59 Å². The fourth-order valence-corrected chi connectivity index (χ4v) is 3.46. The number of carboxylic acid groups (broad SMARTS) is 1. The van der Waals surface area contributed by atoms with Crippen molar-refractivity contribution in [3.8, 4) is 11.1 Å². The summed E-state index contributed by atoms with van der Waals surface area (Å²) in [7, 11) is 0. The Balaban J connectivity index is 1.98. The van der Waals surface area contributed by atoms with E-state index in [2.05, 4.69) is 10.6 Å². The van der Waals surface area contributed by atoms with Crippen molar-refractivity contribution in [1.29, 1.82) is 0 Å². The number of hydrogen-bond acceptors (Lipinski definition) is 3. The molecule has 0 radical (unpaired) electrons. The molecule has 0 spiro atoms. The Morgan fingerprint density at radius 3 is 2.28 bits per heavy atom. The van der Waals surface area contributed by atoms with Crippen LogP contribution in [0.2, 0.25) is 0 Å². The van der Waals surface area contributed by atoms with Crippen molar-refractivity contribution in [3.63, 3.8) is 0 Å². The Kier molecular flexibility index (Phi) is 6.67. The summed E-state index contributed by atoms with van der Waals surface area (Å²) < 4.78 is 14.7. The van der Waals surface area contributed by atoms with Crippen molar-refractivity contribution in [3.05, 3.63) is 58.4 Å². The van der Waals surface area contributed by atoms with Gasteiger partial charge in [-0.15, -0.1) is 0 Å². The number of carbonyl (C=O) groups is 3. The van der Waals surface area contributed by atoms with E-state index >= 15 is 0 Å². The molecule has 0 saturated heterocycles. The minimum absolute atomic E-state index is 0.0933. The van der Waals surface area contributed by atoms with E-state index in [0.717, 1.165) is 19.3 Å². The second-order valence-electron chi connectivity index (χ2n) is 9.54. The number of benzene rings is 2. The Labute approximate surface area is 187 Å². The zero-order valence-corrected chi connectivity index (χ0v) is 18.8. The molecule has 0 atom stereocenters. The monoisotopic (exact) mass is 440 g/mol. The molecule has 6 nitrogen and oxygen atoms in total. The minimum Gasteiger partial charge on any atom is -0.478 e. The van der Waals surface area contributed by atoms with Crippen LogP contribution in [0.15, 0.2) is 30.3 Å². The number of rotatable bonds is 6. The lowest BCUT2D eigenvalue weighted by atomic mass is 9.91. The van der Waals surface area contributed by atoms with Crippen LogP contribution in [0.3, 0.4) is 0 Å². The molecule has 0 unspecified atom stereocenters. The van der Waals surface area contributed by atoms with E-state index < -0.39 is 11.8 Å². The first-order valence-corrected chi connectivity index (χ1v) is 10.7. The van der Waals surface area contributed by atoms with E-state index in [1.165, 1.54) is 37.3 Å². The molecule has 1 fully saturated rings. The quantitative estimate of drug-likeness (QED) is 0.614. The van der Waals surface area contributed by atoms with Crippen molar-refractivity contribution in [2.24, 2.45) is 5.41 Å². The minimum atomic E-state index is -1.24. The predicted octanol–water partition coefficient (Wildman–Crippen LogP) is 4.56. The molecule has 0 bridgehead atoms. The van der Waals surface area contributed by atoms with Gasteiger partial charge >= 0.3 is 5.97 Å². The average molecular weight is 441 g/mol. The highest BCUT2D eigenvalue weighted by Gasteiger charge is 2.23. The third-order valence-corrected chi connectivity index (χ3v) is 5.63. The van der Waals surface area contributed by atoms with Crippen LogP contribution in [0.5, 0.6) is 0 Å². The van der Waals surface area contributed by atoms with E-state index in [1.54, 1.807) is 0 Å². The van der Waals surface area contributed by atoms with Gasteiger partial charge in [-0.1, -0.05) is 26.8 Å². The van der Waals surface area contributed by atoms with Crippen LogP contribution >= 0.6 is 0 Å². The van der Waals surface area contributed by atoms with Gasteiger partial charge in [-0.05, 0) is 72.6 Å². The van der Waals surface area contributed by atoms with Gasteiger partial charge in [0.2, 0.25) is 0 Å². The molecule has 2 amide bonds. The first-order valence-electron chi connectivity index (χ1n) is 10.7. The molecule has 2 aromatic rings. The zero-order chi connectivity index (χ0) is 23.6. The lowest BCUT2D eigenvalue weighted by Crippen LogP contribution is -2.39. The number of aromatic carboxylic acids is 1. The van der Waals surface area contributed by atoms with Gasteiger partial charge < -0.3 is 15.7 Å². The van der Waals surface area contributed by atoms with Crippen molar-refractivity contribution in [2.45, 2.75) is 53.0 Å². The van der Waals surface area contributed by atoms with Gasteiger partial charge in [0.25, 0.3) is 11.8 Å². The topological polar surface area (TPSA) is 95.5 Å². The standard InChI is InChI=1S/C25H29FN2O4/c1-14-19(11-16(12-21(14)26)23(30)28-17-6-5-7-17)18-9-8-15(10-20(18)24(31)32)22(29)27-13-25(2,3)4/h8-12,17H,5-7,13H2,1-4H3,(H,27,29)(H,28,30)(H,31,32). The summed E-state index contributed by atoms with van der Waals surface area (Å²) >= 11 is 0. The maximum absolute atomic E-state index is 14.7. The van der Waals surface area contributed by atoms with Gasteiger partial charge in [0, 0.05) is 23.7 Å². The highest BCUT2D eigenvalue weighted by molar-refractivity contribution is 6.03. The van der Waals surface area contributed by atoms with Crippen molar-refractivity contribution in [2.75, 3.05) is 6.54 Å². The lowest BCUT2D eigenvalue weighted by molar-refractivity contribution is 0.0697. The highest BCUT2D eigenvalue weighted by atomic mass is 19.1. The molecule has 1 aliphatic carbocycles. The summed E-state index contributed by atoms with van der Waals surface area (Å²) in [5.74, 6) is -2.60. The molecule has 0 heterocycles. The largest absolute Gasteiger partial charge is 0.478 e. The van der Waals surface area contributed by atoms with E-state index in [4.69, 9.17) is 0 Å². The Hall–Kier alpha value is -3.22.